The topological polar surface area (TPSA) is 171 Å². The van der Waals surface area contributed by atoms with Gasteiger partial charge in [0.05, 0.1) is 35.2 Å². The van der Waals surface area contributed by atoms with Crippen LogP contribution >= 0.6 is 0 Å². The van der Waals surface area contributed by atoms with Gasteiger partial charge in [0.25, 0.3) is 12.3 Å². The number of carbonyl (C=O) groups is 4. The second kappa shape index (κ2) is 18.1. The van der Waals surface area contributed by atoms with Crippen LogP contribution in [0.4, 0.5) is 26.0 Å². The van der Waals surface area contributed by atoms with E-state index in [0.717, 1.165) is 17.7 Å². The maximum absolute atomic E-state index is 13.5. The van der Waals surface area contributed by atoms with E-state index >= 15 is 0 Å². The zero-order chi connectivity index (χ0) is 40.7. The highest BCUT2D eigenvalue weighted by molar-refractivity contribution is 6.08. The van der Waals surface area contributed by atoms with Gasteiger partial charge in [-0.1, -0.05) is 6.07 Å². The molecule has 16 heteroatoms. The van der Waals surface area contributed by atoms with Crippen LogP contribution in [0.2, 0.25) is 0 Å². The monoisotopic (exact) mass is 788 g/mol. The number of hydrogen-bond donors (Lipinski definition) is 4. The fourth-order valence-corrected chi connectivity index (χ4v) is 7.39. The number of aromatic nitrogens is 3. The Hall–Kier alpha value is -5.64. The van der Waals surface area contributed by atoms with E-state index in [0.29, 0.717) is 74.9 Å². The summed E-state index contributed by atoms with van der Waals surface area (Å²) in [6.45, 7) is 5.86. The molecule has 1 atom stereocenters. The predicted octanol–water partition coefficient (Wildman–Crippen LogP) is 5.50. The molecule has 14 nitrogen and oxygen atoms in total. The van der Waals surface area contributed by atoms with Gasteiger partial charge in [-0.25, -0.2) is 13.8 Å². The van der Waals surface area contributed by atoms with E-state index in [2.05, 4.69) is 25.8 Å². The van der Waals surface area contributed by atoms with E-state index in [4.69, 9.17) is 9.84 Å². The van der Waals surface area contributed by atoms with E-state index in [1.807, 2.05) is 53.9 Å². The number of rotatable bonds is 15. The number of piperidine rings is 2. The van der Waals surface area contributed by atoms with Gasteiger partial charge < -0.3 is 40.4 Å². The number of pyridine rings is 1. The molecule has 0 bridgehead atoms. The Bertz CT molecular complexity index is 2040. The van der Waals surface area contributed by atoms with Crippen LogP contribution in [0, 0.1) is 0 Å². The van der Waals surface area contributed by atoms with Crippen molar-refractivity contribution < 1.29 is 37.8 Å². The molecule has 4 N–H and O–H groups in total. The number of likely N-dealkylation sites (tertiary alicyclic amines) is 1. The van der Waals surface area contributed by atoms with Gasteiger partial charge in [0.15, 0.2) is 0 Å². The molecule has 6 rings (SSSR count). The van der Waals surface area contributed by atoms with E-state index in [1.165, 1.54) is 18.2 Å². The summed E-state index contributed by atoms with van der Waals surface area (Å²) < 4.78 is 34.2. The molecule has 4 aromatic rings. The first-order chi connectivity index (χ1) is 27.3. The number of nitrogens with one attached hydrogen (secondary N) is 3. The van der Waals surface area contributed by atoms with Crippen molar-refractivity contribution in [3.05, 3.63) is 72.1 Å². The Morgan fingerprint density at radius 2 is 1.75 bits per heavy atom. The molecule has 2 fully saturated rings. The summed E-state index contributed by atoms with van der Waals surface area (Å²) in [4.78, 5) is 57.7. The lowest BCUT2D eigenvalue weighted by atomic mass is 9.87. The number of benzene rings is 2. The number of nitrogens with zero attached hydrogens (tertiary/aromatic N) is 5. The first kappa shape index (κ1) is 41.0. The van der Waals surface area contributed by atoms with Gasteiger partial charge in [-0.3, -0.25) is 19.1 Å². The first-order valence-electron chi connectivity index (χ1n) is 19.4. The molecule has 1 unspecified atom stereocenters. The summed E-state index contributed by atoms with van der Waals surface area (Å²) in [5, 5.41) is 25.4. The minimum absolute atomic E-state index is 0.00203. The summed E-state index contributed by atoms with van der Waals surface area (Å²) in [6, 6.07) is 14.6. The molecule has 2 aromatic carbocycles. The number of anilines is 3. The van der Waals surface area contributed by atoms with Gasteiger partial charge in [0.1, 0.15) is 29.6 Å². The summed E-state index contributed by atoms with van der Waals surface area (Å²) in [5.74, 6) is -0.511. The third-order valence-electron chi connectivity index (χ3n) is 10.5. The van der Waals surface area contributed by atoms with Gasteiger partial charge in [0, 0.05) is 68.7 Å². The number of alkyl halides is 2. The fraction of sp³-hybridized carbons (Fsp3) is 0.463. The smallest absolute Gasteiger partial charge is 0.280 e. The normalized spacial score (nSPS) is 16.4. The Balaban J connectivity index is 1.02. The van der Waals surface area contributed by atoms with Crippen molar-refractivity contribution in [2.24, 2.45) is 0 Å². The molecule has 2 aliphatic heterocycles. The highest BCUT2D eigenvalue weighted by atomic mass is 19.3. The summed E-state index contributed by atoms with van der Waals surface area (Å²) in [5.41, 5.74) is 1.04. The number of aliphatic hydroxyl groups is 1. The van der Waals surface area contributed by atoms with Crippen molar-refractivity contribution in [1.82, 2.24) is 25.0 Å². The van der Waals surface area contributed by atoms with Crippen LogP contribution in [0.3, 0.4) is 0 Å². The van der Waals surface area contributed by atoms with Crippen LogP contribution in [-0.4, -0.2) is 99.8 Å². The van der Waals surface area contributed by atoms with Gasteiger partial charge in [-0.2, -0.15) is 5.10 Å². The molecule has 2 aromatic heterocycles. The number of likely N-dealkylation sites (N-methyl/N-ethyl adjacent to an activating group) is 1. The number of halogens is 2. The van der Waals surface area contributed by atoms with Gasteiger partial charge in [-0.05, 0) is 88.4 Å². The van der Waals surface area contributed by atoms with Crippen LogP contribution in [-0.2, 0) is 14.4 Å². The number of ether oxygens (including phenoxy) is 1. The molecular formula is C41H50F2N8O6. The van der Waals surface area contributed by atoms with Crippen LogP contribution in [0.5, 0.6) is 5.75 Å². The average Bonchev–Trinajstić information content (AvgIpc) is 3.62. The molecule has 57 heavy (non-hydrogen) atoms. The number of amides is 3. The second-order valence-corrected chi connectivity index (χ2v) is 15.0. The third-order valence-corrected chi connectivity index (χ3v) is 10.5. The Morgan fingerprint density at radius 3 is 2.40 bits per heavy atom. The van der Waals surface area contributed by atoms with E-state index in [1.54, 1.807) is 19.2 Å². The molecule has 2 saturated heterocycles. The second-order valence-electron chi connectivity index (χ2n) is 15.0. The molecule has 2 aliphatic rings. The highest BCUT2D eigenvalue weighted by Crippen LogP contribution is 2.33. The molecule has 304 valence electrons. The highest BCUT2D eigenvalue weighted by Gasteiger charge is 2.37. The van der Waals surface area contributed by atoms with Crippen molar-refractivity contribution in [2.75, 3.05) is 48.8 Å². The Labute approximate surface area is 329 Å². The molecule has 0 spiro atoms. The Kier molecular flexibility index (Phi) is 13.0. The maximum Gasteiger partial charge on any atom is 0.280 e. The number of fused-ring (bicyclic) bond motifs is 1. The van der Waals surface area contributed by atoms with E-state index in [9.17, 15) is 33.1 Å². The average molecular weight is 789 g/mol. The lowest BCUT2D eigenvalue weighted by Crippen LogP contribution is -2.48. The molecule has 0 radical (unpaired) electrons. The fourth-order valence-electron chi connectivity index (χ4n) is 7.39. The van der Waals surface area contributed by atoms with Crippen LogP contribution in [0.1, 0.15) is 87.3 Å². The van der Waals surface area contributed by atoms with Crippen LogP contribution in [0.15, 0.2) is 60.8 Å². The van der Waals surface area contributed by atoms with Gasteiger partial charge in [0.2, 0.25) is 11.8 Å². The minimum Gasteiger partial charge on any atom is -0.490 e. The Morgan fingerprint density at radius 1 is 1.04 bits per heavy atom. The molecule has 0 saturated carbocycles. The number of carbonyl (C=O) groups excluding carboxylic acids is 4. The van der Waals surface area contributed by atoms with Crippen molar-refractivity contribution in [3.63, 3.8) is 0 Å². The maximum atomic E-state index is 13.5. The first-order valence-corrected chi connectivity index (χ1v) is 19.4. The zero-order valence-electron chi connectivity index (χ0n) is 32.4. The standard InChI is InChI=1S/C41H50F2N8O6/c1-26(2)57-35-23-34-27(22-31(35)39(54)47-36-8-4-6-32(46-36)38(42)43)25-51(48-34)30-13-17-50(18-14-30)37(53)24-41(56)15-19-49(20-16-41)29-11-9-28(10-12-29)45-33(7-5-21-52)40(55)44-3/h4,6,8-12,21-23,25-26,30,33,38,45,56H,5,7,13-20,24H2,1-3H3,(H,44,55)(H,46,47,54). The summed E-state index contributed by atoms with van der Waals surface area (Å²) >= 11 is 0. The van der Waals surface area contributed by atoms with Crippen molar-refractivity contribution in [1.29, 1.82) is 0 Å². The molecule has 0 aliphatic carbocycles. The van der Waals surface area contributed by atoms with Gasteiger partial charge >= 0.3 is 0 Å². The third kappa shape index (κ3) is 10.2. The zero-order valence-corrected chi connectivity index (χ0v) is 32.4. The SMILES string of the molecule is CNC(=O)C(CCC=O)Nc1ccc(N2CCC(O)(CC(=O)N3CCC(n4cc5cc(C(=O)Nc6cccc(C(F)F)n6)c(OC(C)C)cc5n4)CC3)CC2)cc1. The van der Waals surface area contributed by atoms with Crippen molar-refractivity contribution >= 4 is 52.1 Å². The lowest BCUT2D eigenvalue weighted by Gasteiger charge is -2.40. The predicted molar refractivity (Wildman–Crippen MR) is 212 cm³/mol. The molecule has 4 heterocycles. The number of hydrogen-bond acceptors (Lipinski definition) is 10. The van der Waals surface area contributed by atoms with E-state index < -0.39 is 29.7 Å². The number of aldehydes is 1. The molecule has 3 amide bonds. The minimum atomic E-state index is -2.77. The van der Waals surface area contributed by atoms with Crippen LogP contribution < -0.4 is 25.6 Å². The summed E-state index contributed by atoms with van der Waals surface area (Å²) in [6.07, 6.45) is 2.56. The molecular weight excluding hydrogens is 738 g/mol. The lowest BCUT2D eigenvalue weighted by molar-refractivity contribution is -0.138. The van der Waals surface area contributed by atoms with Crippen molar-refractivity contribution in [2.45, 2.75) is 89.0 Å². The van der Waals surface area contributed by atoms with Gasteiger partial charge in [-0.15, -0.1) is 0 Å². The van der Waals surface area contributed by atoms with Crippen LogP contribution in [0.25, 0.3) is 10.9 Å². The van der Waals surface area contributed by atoms with Crippen molar-refractivity contribution in [3.8, 4) is 5.75 Å². The van der Waals surface area contributed by atoms with E-state index in [-0.39, 0.29) is 48.2 Å². The quantitative estimate of drug-likeness (QED) is 0.113. The largest absolute Gasteiger partial charge is 0.490 e. The summed E-state index contributed by atoms with van der Waals surface area (Å²) in [7, 11) is 1.56.